The molecule has 0 fully saturated rings. The summed E-state index contributed by atoms with van der Waals surface area (Å²) in [4.78, 5) is 48.6. The summed E-state index contributed by atoms with van der Waals surface area (Å²) in [5, 5.41) is 15.7. The molecule has 3 N–H and O–H groups in total. The van der Waals surface area contributed by atoms with E-state index in [1.807, 2.05) is 20.8 Å². The van der Waals surface area contributed by atoms with Crippen LogP contribution in [0.4, 0.5) is 0 Å². The monoisotopic (exact) mass is 456 g/mol. The lowest BCUT2D eigenvalue weighted by Crippen LogP contribution is -2.48. The van der Waals surface area contributed by atoms with E-state index in [9.17, 15) is 24.3 Å². The molecule has 0 unspecified atom stereocenters. The van der Waals surface area contributed by atoms with E-state index in [1.165, 1.54) is 0 Å². The normalized spacial score (nSPS) is 13.1. The van der Waals surface area contributed by atoms with Gasteiger partial charge in [-0.2, -0.15) is 0 Å². The fourth-order valence-corrected chi connectivity index (χ4v) is 3.99. The number of hydrogen-bond acceptors (Lipinski definition) is 6. The molecule has 0 spiro atoms. The van der Waals surface area contributed by atoms with Crippen LogP contribution in [-0.4, -0.2) is 35.5 Å². The average Bonchev–Trinajstić information content (AvgIpc) is 3.14. The van der Waals surface area contributed by atoms with Gasteiger partial charge >= 0.3 is 11.6 Å². The number of rotatable bonds is 8. The smallest absolute Gasteiger partial charge is 0.340 e. The van der Waals surface area contributed by atoms with Crippen LogP contribution in [0.5, 0.6) is 0 Å². The summed E-state index contributed by atoms with van der Waals surface area (Å²) in [7, 11) is 0. The second-order valence-electron chi connectivity index (χ2n) is 8.40. The molecular formula is C24H28N2O7. The zero-order chi connectivity index (χ0) is 24.4. The Kier molecular flexibility index (Phi) is 6.90. The number of fused-ring (bicyclic) bond motifs is 3. The van der Waals surface area contributed by atoms with Crippen LogP contribution in [0.25, 0.3) is 21.9 Å². The molecule has 176 valence electrons. The van der Waals surface area contributed by atoms with Crippen molar-refractivity contribution in [2.24, 2.45) is 5.92 Å². The van der Waals surface area contributed by atoms with Crippen LogP contribution < -0.4 is 16.3 Å². The molecule has 3 aromatic rings. The van der Waals surface area contributed by atoms with E-state index in [1.54, 1.807) is 26.2 Å². The number of benzene rings is 1. The van der Waals surface area contributed by atoms with Crippen molar-refractivity contribution >= 4 is 39.7 Å². The van der Waals surface area contributed by atoms with Gasteiger partial charge in [-0.05, 0) is 49.4 Å². The number of carbonyl (C=O) groups excluding carboxylic acids is 2. The molecule has 9 heteroatoms. The van der Waals surface area contributed by atoms with Crippen molar-refractivity contribution in [3.05, 3.63) is 45.0 Å². The Morgan fingerprint density at radius 3 is 2.42 bits per heavy atom. The number of hydrogen-bond donors (Lipinski definition) is 3. The third-order valence-electron chi connectivity index (χ3n) is 6.05. The first-order valence-corrected chi connectivity index (χ1v) is 10.8. The van der Waals surface area contributed by atoms with Gasteiger partial charge < -0.3 is 24.6 Å². The maximum atomic E-state index is 12.6. The van der Waals surface area contributed by atoms with Crippen molar-refractivity contribution in [1.82, 2.24) is 10.6 Å². The molecule has 2 heterocycles. The Hall–Kier alpha value is -3.62. The van der Waals surface area contributed by atoms with Crippen molar-refractivity contribution in [2.45, 2.75) is 53.5 Å². The molecule has 2 amide bonds. The Morgan fingerprint density at radius 2 is 1.79 bits per heavy atom. The molecule has 9 nitrogen and oxygen atoms in total. The van der Waals surface area contributed by atoms with E-state index in [0.29, 0.717) is 28.5 Å². The summed E-state index contributed by atoms with van der Waals surface area (Å²) in [5.74, 6) is -2.59. The van der Waals surface area contributed by atoms with Crippen LogP contribution in [0.2, 0.25) is 0 Å². The van der Waals surface area contributed by atoms with Crippen molar-refractivity contribution in [1.29, 1.82) is 0 Å². The highest BCUT2D eigenvalue weighted by atomic mass is 16.4. The number of carbonyl (C=O) groups is 3. The van der Waals surface area contributed by atoms with Crippen molar-refractivity contribution in [3.8, 4) is 0 Å². The van der Waals surface area contributed by atoms with Crippen molar-refractivity contribution in [2.75, 3.05) is 6.54 Å². The summed E-state index contributed by atoms with van der Waals surface area (Å²) in [6.07, 6.45) is 1.92. The molecule has 2 atom stereocenters. The zero-order valence-electron chi connectivity index (χ0n) is 19.3. The Bertz CT molecular complexity index is 1300. The van der Waals surface area contributed by atoms with E-state index in [2.05, 4.69) is 10.6 Å². The number of carboxylic acids is 1. The van der Waals surface area contributed by atoms with Gasteiger partial charge in [0.05, 0.1) is 30.2 Å². The molecule has 1 aromatic carbocycles. The molecule has 0 bridgehead atoms. The van der Waals surface area contributed by atoms with E-state index >= 15 is 0 Å². The van der Waals surface area contributed by atoms with Gasteiger partial charge in [0.25, 0.3) is 0 Å². The number of nitrogens with one attached hydrogen (secondary N) is 2. The van der Waals surface area contributed by atoms with Gasteiger partial charge in [-0.1, -0.05) is 20.3 Å². The minimum Gasteiger partial charge on any atom is -0.480 e. The van der Waals surface area contributed by atoms with Gasteiger partial charge in [-0.15, -0.1) is 0 Å². The summed E-state index contributed by atoms with van der Waals surface area (Å²) >= 11 is 0. The first kappa shape index (κ1) is 24.0. The highest BCUT2D eigenvalue weighted by molar-refractivity contribution is 6.07. The third kappa shape index (κ3) is 4.76. The molecule has 0 aliphatic rings. The van der Waals surface area contributed by atoms with E-state index in [0.717, 1.165) is 16.5 Å². The fraction of sp³-hybridized carbons (Fsp3) is 0.417. The zero-order valence-corrected chi connectivity index (χ0v) is 19.3. The van der Waals surface area contributed by atoms with Crippen molar-refractivity contribution in [3.63, 3.8) is 0 Å². The van der Waals surface area contributed by atoms with Crippen LogP contribution in [0.1, 0.15) is 42.5 Å². The summed E-state index contributed by atoms with van der Waals surface area (Å²) in [6.45, 7) is 8.70. The van der Waals surface area contributed by atoms with Crippen LogP contribution in [-0.2, 0) is 20.8 Å². The van der Waals surface area contributed by atoms with Crippen LogP contribution in [0, 0.1) is 26.7 Å². The van der Waals surface area contributed by atoms with Crippen LogP contribution in [0.15, 0.2) is 26.0 Å². The second kappa shape index (κ2) is 9.48. The molecule has 2 aromatic heterocycles. The van der Waals surface area contributed by atoms with Crippen LogP contribution in [0.3, 0.4) is 0 Å². The van der Waals surface area contributed by atoms with Crippen LogP contribution >= 0.6 is 0 Å². The Balaban J connectivity index is 1.79. The molecule has 0 aliphatic carbocycles. The van der Waals surface area contributed by atoms with Gasteiger partial charge in [0.2, 0.25) is 11.8 Å². The number of aryl methyl sites for hydroxylation is 3. The lowest BCUT2D eigenvalue weighted by molar-refractivity contribution is -0.143. The van der Waals surface area contributed by atoms with E-state index in [-0.39, 0.29) is 17.9 Å². The minimum absolute atomic E-state index is 0.169. The SMILES string of the molecule is CC[C@@H](C)[C@H](NC(=O)CNC(=O)Cc1c(C)c2c(cc(C)c3c(C)coc32)oc1=O)C(=O)O. The summed E-state index contributed by atoms with van der Waals surface area (Å²) < 4.78 is 11.2. The highest BCUT2D eigenvalue weighted by Gasteiger charge is 2.25. The molecule has 33 heavy (non-hydrogen) atoms. The predicted molar refractivity (Wildman–Crippen MR) is 122 cm³/mol. The number of carboxylic acid groups (broad SMARTS) is 1. The lowest BCUT2D eigenvalue weighted by atomic mass is 9.98. The highest BCUT2D eigenvalue weighted by Crippen LogP contribution is 2.34. The van der Waals surface area contributed by atoms with Gasteiger partial charge in [-0.3, -0.25) is 9.59 Å². The van der Waals surface area contributed by atoms with Crippen molar-refractivity contribution < 1.29 is 28.3 Å². The topological polar surface area (TPSA) is 139 Å². The van der Waals surface area contributed by atoms with E-state index in [4.69, 9.17) is 8.83 Å². The number of amides is 2. The number of aliphatic carboxylic acids is 1. The van der Waals surface area contributed by atoms with Gasteiger partial charge in [0.15, 0.2) is 0 Å². The summed E-state index contributed by atoms with van der Waals surface area (Å²) in [5.41, 5.74) is 2.95. The fourth-order valence-electron chi connectivity index (χ4n) is 3.99. The standard InChI is InChI=1S/C24H28N2O7/c1-6-11(2)21(23(29)30)26-18(28)9-25-17(27)8-15-14(5)20-16(33-24(15)31)7-12(3)19-13(4)10-32-22(19)20/h7,10-11,21H,6,8-9H2,1-5H3,(H,25,27)(H,26,28)(H,29,30)/t11-,21+/m1/s1. The Labute approximate surface area is 190 Å². The molecule has 0 radical (unpaired) electrons. The maximum absolute atomic E-state index is 12.6. The molecule has 0 saturated carbocycles. The van der Waals surface area contributed by atoms with Gasteiger partial charge in [0, 0.05) is 5.39 Å². The average molecular weight is 456 g/mol. The minimum atomic E-state index is -1.14. The number of furan rings is 1. The second-order valence-corrected chi connectivity index (χ2v) is 8.40. The molecule has 3 rings (SSSR count). The maximum Gasteiger partial charge on any atom is 0.340 e. The first-order chi connectivity index (χ1) is 15.5. The molecule has 0 saturated heterocycles. The molecular weight excluding hydrogens is 428 g/mol. The lowest BCUT2D eigenvalue weighted by Gasteiger charge is -2.20. The third-order valence-corrected chi connectivity index (χ3v) is 6.05. The van der Waals surface area contributed by atoms with E-state index < -0.39 is 36.0 Å². The first-order valence-electron chi connectivity index (χ1n) is 10.8. The largest absolute Gasteiger partial charge is 0.480 e. The Morgan fingerprint density at radius 1 is 1.09 bits per heavy atom. The predicted octanol–water partition coefficient (Wildman–Crippen LogP) is 2.74. The van der Waals surface area contributed by atoms with Gasteiger partial charge in [0.1, 0.15) is 17.2 Å². The molecule has 0 aliphatic heterocycles. The van der Waals surface area contributed by atoms with Gasteiger partial charge in [-0.25, -0.2) is 9.59 Å². The summed E-state index contributed by atoms with van der Waals surface area (Å²) in [6, 6.07) is 0.732. The quantitative estimate of drug-likeness (QED) is 0.443.